The van der Waals surface area contributed by atoms with Crippen LogP contribution in [0.15, 0.2) is 54.6 Å². The molecule has 0 amide bonds. The molecule has 0 bridgehead atoms. The maximum absolute atomic E-state index is 11.1. The molecule has 4 nitrogen and oxygen atoms in total. The molecule has 0 fully saturated rings. The average Bonchev–Trinajstić information content (AvgIpc) is 2.58. The number of rotatable bonds is 6. The fourth-order valence-electron chi connectivity index (χ4n) is 1.87. The third-order valence-corrected chi connectivity index (χ3v) is 3.04. The molecule has 22 heavy (non-hydrogen) atoms. The molecule has 0 atom stereocenters. The number of esters is 1. The second kappa shape index (κ2) is 7.88. The van der Waals surface area contributed by atoms with Crippen LogP contribution >= 0.6 is 0 Å². The SMILES string of the molecule is COC(=O)/C=C/c1ccc(OCc2ccccc2)c(OC)c1. The van der Waals surface area contributed by atoms with Gasteiger partial charge in [-0.3, -0.25) is 0 Å². The maximum atomic E-state index is 11.1. The third-order valence-electron chi connectivity index (χ3n) is 3.04. The van der Waals surface area contributed by atoms with Crippen molar-refractivity contribution in [3.8, 4) is 11.5 Å². The maximum Gasteiger partial charge on any atom is 0.330 e. The summed E-state index contributed by atoms with van der Waals surface area (Å²) >= 11 is 0. The first-order chi connectivity index (χ1) is 10.7. The molecule has 2 aromatic carbocycles. The van der Waals surface area contributed by atoms with Gasteiger partial charge in [-0.1, -0.05) is 36.4 Å². The lowest BCUT2D eigenvalue weighted by Crippen LogP contribution is -1.98. The van der Waals surface area contributed by atoms with Crippen LogP contribution in [0.3, 0.4) is 0 Å². The van der Waals surface area contributed by atoms with E-state index in [2.05, 4.69) is 4.74 Å². The van der Waals surface area contributed by atoms with Gasteiger partial charge in [0.25, 0.3) is 0 Å². The number of hydrogen-bond donors (Lipinski definition) is 0. The van der Waals surface area contributed by atoms with Crippen LogP contribution in [0.4, 0.5) is 0 Å². The van der Waals surface area contributed by atoms with E-state index in [1.807, 2.05) is 42.5 Å². The van der Waals surface area contributed by atoms with Gasteiger partial charge in [0.1, 0.15) is 6.61 Å². The van der Waals surface area contributed by atoms with Crippen LogP contribution in [0.25, 0.3) is 6.08 Å². The van der Waals surface area contributed by atoms with Crippen LogP contribution in [0.5, 0.6) is 11.5 Å². The van der Waals surface area contributed by atoms with Crippen LogP contribution in [-0.2, 0) is 16.1 Å². The van der Waals surface area contributed by atoms with Gasteiger partial charge < -0.3 is 14.2 Å². The van der Waals surface area contributed by atoms with Crippen molar-refractivity contribution in [3.05, 3.63) is 65.7 Å². The quantitative estimate of drug-likeness (QED) is 0.605. The van der Waals surface area contributed by atoms with Gasteiger partial charge in [0.15, 0.2) is 11.5 Å². The Hall–Kier alpha value is -2.75. The number of ether oxygens (including phenoxy) is 3. The van der Waals surface area contributed by atoms with Crippen molar-refractivity contribution in [2.75, 3.05) is 14.2 Å². The fourth-order valence-corrected chi connectivity index (χ4v) is 1.87. The van der Waals surface area contributed by atoms with Gasteiger partial charge in [0.2, 0.25) is 0 Å². The van der Waals surface area contributed by atoms with E-state index in [9.17, 15) is 4.79 Å². The summed E-state index contributed by atoms with van der Waals surface area (Å²) in [5.74, 6) is 0.868. The van der Waals surface area contributed by atoms with Crippen molar-refractivity contribution in [1.82, 2.24) is 0 Å². The summed E-state index contributed by atoms with van der Waals surface area (Å²) in [5.41, 5.74) is 1.91. The van der Waals surface area contributed by atoms with E-state index >= 15 is 0 Å². The minimum absolute atomic E-state index is 0.400. The zero-order chi connectivity index (χ0) is 15.8. The Bertz CT molecular complexity index is 647. The lowest BCUT2D eigenvalue weighted by Gasteiger charge is -2.11. The molecule has 2 rings (SSSR count). The van der Waals surface area contributed by atoms with Gasteiger partial charge in [0.05, 0.1) is 14.2 Å². The third kappa shape index (κ3) is 4.38. The van der Waals surface area contributed by atoms with Crippen LogP contribution in [0, 0.1) is 0 Å². The number of hydrogen-bond acceptors (Lipinski definition) is 4. The molecule has 4 heteroatoms. The molecule has 0 aliphatic rings. The van der Waals surface area contributed by atoms with Gasteiger partial charge in [-0.25, -0.2) is 4.79 Å². The van der Waals surface area contributed by atoms with Gasteiger partial charge >= 0.3 is 5.97 Å². The van der Waals surface area contributed by atoms with Gasteiger partial charge in [-0.2, -0.15) is 0 Å². The van der Waals surface area contributed by atoms with E-state index < -0.39 is 5.97 Å². The molecular weight excluding hydrogens is 280 g/mol. The molecule has 0 saturated heterocycles. The van der Waals surface area contributed by atoms with Crippen molar-refractivity contribution in [2.24, 2.45) is 0 Å². The zero-order valence-corrected chi connectivity index (χ0v) is 12.6. The van der Waals surface area contributed by atoms with E-state index in [-0.39, 0.29) is 0 Å². The lowest BCUT2D eigenvalue weighted by molar-refractivity contribution is -0.134. The Labute approximate surface area is 129 Å². The smallest absolute Gasteiger partial charge is 0.330 e. The normalized spacial score (nSPS) is 10.5. The van der Waals surface area contributed by atoms with Gasteiger partial charge in [-0.05, 0) is 29.3 Å². The molecule has 2 aromatic rings. The predicted octanol–water partition coefficient (Wildman–Crippen LogP) is 3.46. The van der Waals surface area contributed by atoms with Crippen LogP contribution in [0.2, 0.25) is 0 Å². The first kappa shape index (κ1) is 15.6. The molecule has 0 spiro atoms. The summed E-state index contributed by atoms with van der Waals surface area (Å²) in [4.78, 5) is 11.1. The standard InChI is InChI=1S/C18H18O4/c1-20-17-12-14(9-11-18(19)21-2)8-10-16(17)22-13-15-6-4-3-5-7-15/h3-12H,13H2,1-2H3/b11-9+. The minimum Gasteiger partial charge on any atom is -0.493 e. The molecule has 0 aliphatic heterocycles. The highest BCUT2D eigenvalue weighted by Crippen LogP contribution is 2.29. The summed E-state index contributed by atoms with van der Waals surface area (Å²) in [6.07, 6.45) is 3.02. The fraction of sp³-hybridized carbons (Fsp3) is 0.167. The second-order valence-electron chi connectivity index (χ2n) is 4.54. The Morgan fingerprint density at radius 2 is 1.82 bits per heavy atom. The van der Waals surface area contributed by atoms with Crippen molar-refractivity contribution in [1.29, 1.82) is 0 Å². The molecule has 114 valence electrons. The first-order valence-electron chi connectivity index (χ1n) is 6.83. The number of benzene rings is 2. The highest BCUT2D eigenvalue weighted by atomic mass is 16.5. The van der Waals surface area contributed by atoms with Crippen molar-refractivity contribution in [2.45, 2.75) is 6.61 Å². The highest BCUT2D eigenvalue weighted by molar-refractivity contribution is 5.87. The summed E-state index contributed by atoms with van der Waals surface area (Å²) < 4.78 is 15.7. The van der Waals surface area contributed by atoms with E-state index in [4.69, 9.17) is 9.47 Å². The Balaban J connectivity index is 2.09. The number of carbonyl (C=O) groups excluding carboxylic acids is 1. The van der Waals surface area contributed by atoms with E-state index in [1.165, 1.54) is 13.2 Å². The number of methoxy groups -OCH3 is 2. The van der Waals surface area contributed by atoms with Crippen LogP contribution < -0.4 is 9.47 Å². The molecular formula is C18H18O4. The zero-order valence-electron chi connectivity index (χ0n) is 12.6. The van der Waals surface area contributed by atoms with E-state index in [1.54, 1.807) is 19.3 Å². The first-order valence-corrected chi connectivity index (χ1v) is 6.83. The minimum atomic E-state index is -0.400. The molecule has 0 N–H and O–H groups in total. The molecule has 0 unspecified atom stereocenters. The predicted molar refractivity (Wildman–Crippen MR) is 84.8 cm³/mol. The summed E-state index contributed by atoms with van der Waals surface area (Å²) in [6, 6.07) is 15.4. The summed E-state index contributed by atoms with van der Waals surface area (Å²) in [7, 11) is 2.92. The van der Waals surface area contributed by atoms with Crippen LogP contribution in [-0.4, -0.2) is 20.2 Å². The van der Waals surface area contributed by atoms with Crippen molar-refractivity contribution < 1.29 is 19.0 Å². The largest absolute Gasteiger partial charge is 0.493 e. The average molecular weight is 298 g/mol. The number of carbonyl (C=O) groups is 1. The Morgan fingerprint density at radius 1 is 1.05 bits per heavy atom. The Kier molecular flexibility index (Phi) is 5.60. The van der Waals surface area contributed by atoms with Crippen molar-refractivity contribution >= 4 is 12.0 Å². The van der Waals surface area contributed by atoms with Gasteiger partial charge in [-0.15, -0.1) is 0 Å². The molecule has 0 radical (unpaired) electrons. The Morgan fingerprint density at radius 3 is 2.50 bits per heavy atom. The molecule has 0 saturated carbocycles. The molecule has 0 aromatic heterocycles. The van der Waals surface area contributed by atoms with Crippen LogP contribution in [0.1, 0.15) is 11.1 Å². The summed E-state index contributed by atoms with van der Waals surface area (Å²) in [6.45, 7) is 0.467. The molecule has 0 aliphatic carbocycles. The highest BCUT2D eigenvalue weighted by Gasteiger charge is 2.05. The summed E-state index contributed by atoms with van der Waals surface area (Å²) in [5, 5.41) is 0. The van der Waals surface area contributed by atoms with E-state index in [0.717, 1.165) is 11.1 Å². The second-order valence-corrected chi connectivity index (χ2v) is 4.54. The lowest BCUT2D eigenvalue weighted by atomic mass is 10.2. The van der Waals surface area contributed by atoms with Crippen molar-refractivity contribution in [3.63, 3.8) is 0 Å². The monoisotopic (exact) mass is 298 g/mol. The van der Waals surface area contributed by atoms with Gasteiger partial charge in [0, 0.05) is 6.08 Å². The van der Waals surface area contributed by atoms with E-state index in [0.29, 0.717) is 18.1 Å². The molecule has 0 heterocycles. The topological polar surface area (TPSA) is 44.8 Å².